The molecular formula is C24H28N4O5. The summed E-state index contributed by atoms with van der Waals surface area (Å²) in [4.78, 5) is 33.2. The molecule has 174 valence electrons. The maximum absolute atomic E-state index is 13.8. The molecule has 0 N–H and O–H groups in total. The number of carbonyl (C=O) groups is 2. The number of fused-ring (bicyclic) bond motifs is 4. The number of piperazine rings is 1. The van der Waals surface area contributed by atoms with E-state index in [2.05, 4.69) is 11.0 Å². The minimum Gasteiger partial charge on any atom is -0.454 e. The average molecular weight is 453 g/mol. The maximum atomic E-state index is 13.8. The number of morpholine rings is 1. The van der Waals surface area contributed by atoms with Gasteiger partial charge in [-0.1, -0.05) is 13.0 Å². The summed E-state index contributed by atoms with van der Waals surface area (Å²) in [7, 11) is 0. The summed E-state index contributed by atoms with van der Waals surface area (Å²) in [6.07, 6.45) is 0.366. The van der Waals surface area contributed by atoms with Gasteiger partial charge in [0, 0.05) is 32.1 Å². The monoisotopic (exact) mass is 452 g/mol. The van der Waals surface area contributed by atoms with Crippen LogP contribution in [0.2, 0.25) is 0 Å². The van der Waals surface area contributed by atoms with Gasteiger partial charge in [0.2, 0.25) is 18.6 Å². The molecule has 4 aliphatic heterocycles. The van der Waals surface area contributed by atoms with Crippen molar-refractivity contribution in [3.8, 4) is 17.6 Å². The highest BCUT2D eigenvalue weighted by molar-refractivity contribution is 5.99. The van der Waals surface area contributed by atoms with Crippen molar-refractivity contribution in [3.05, 3.63) is 23.8 Å². The van der Waals surface area contributed by atoms with Crippen LogP contribution < -0.4 is 9.47 Å². The molecule has 1 aliphatic carbocycles. The third-order valence-electron chi connectivity index (χ3n) is 8.57. The highest BCUT2D eigenvalue weighted by atomic mass is 16.7. The number of rotatable bonds is 4. The second kappa shape index (κ2) is 7.08. The molecule has 0 bridgehead atoms. The van der Waals surface area contributed by atoms with Crippen LogP contribution in [0.15, 0.2) is 18.2 Å². The first-order valence-electron chi connectivity index (χ1n) is 11.7. The lowest BCUT2D eigenvalue weighted by atomic mass is 9.94. The van der Waals surface area contributed by atoms with Gasteiger partial charge >= 0.3 is 0 Å². The van der Waals surface area contributed by atoms with Gasteiger partial charge in [0.1, 0.15) is 12.1 Å². The van der Waals surface area contributed by atoms with Crippen LogP contribution in [-0.2, 0) is 19.9 Å². The summed E-state index contributed by atoms with van der Waals surface area (Å²) in [6, 6.07) is 6.98. The Morgan fingerprint density at radius 3 is 2.61 bits per heavy atom. The van der Waals surface area contributed by atoms with E-state index in [1.165, 1.54) is 0 Å². The van der Waals surface area contributed by atoms with Gasteiger partial charge in [-0.15, -0.1) is 0 Å². The quantitative estimate of drug-likeness (QED) is 0.671. The van der Waals surface area contributed by atoms with E-state index in [1.54, 1.807) is 9.80 Å². The lowest BCUT2D eigenvalue weighted by Crippen LogP contribution is -2.65. The Morgan fingerprint density at radius 1 is 1.09 bits per heavy atom. The van der Waals surface area contributed by atoms with Gasteiger partial charge in [0.25, 0.3) is 0 Å². The Balaban J connectivity index is 1.33. The Labute approximate surface area is 192 Å². The predicted molar refractivity (Wildman–Crippen MR) is 115 cm³/mol. The van der Waals surface area contributed by atoms with Gasteiger partial charge in [0.05, 0.1) is 30.2 Å². The van der Waals surface area contributed by atoms with Crippen molar-refractivity contribution < 1.29 is 23.8 Å². The second-order valence-electron chi connectivity index (χ2n) is 9.73. The molecule has 33 heavy (non-hydrogen) atoms. The summed E-state index contributed by atoms with van der Waals surface area (Å²) in [5.41, 5.74) is -0.750. The molecule has 3 unspecified atom stereocenters. The maximum Gasteiger partial charge on any atom is 0.246 e. The van der Waals surface area contributed by atoms with Gasteiger partial charge in [-0.25, -0.2) is 0 Å². The first-order valence-corrected chi connectivity index (χ1v) is 11.7. The molecule has 0 radical (unpaired) electrons. The van der Waals surface area contributed by atoms with E-state index in [0.717, 1.165) is 18.7 Å². The lowest BCUT2D eigenvalue weighted by molar-refractivity contribution is -0.163. The molecular weight excluding hydrogens is 424 g/mol. The van der Waals surface area contributed by atoms with Gasteiger partial charge in [-0.2, -0.15) is 5.26 Å². The average Bonchev–Trinajstić information content (AvgIpc) is 3.18. The number of hydrogen-bond donors (Lipinski definition) is 0. The van der Waals surface area contributed by atoms with E-state index in [4.69, 9.17) is 14.2 Å². The standard InChI is InChI=1S/C24H28N4O5/c1-15-21(29)28-18(22(30)27(15)6-5-26-7-9-31-10-8-26)12-23(13-25)16(2)24(23,28)17-3-4-19-20(11-17)33-14-32-19/h3-4,11,15-16,18H,5-10,12,14H2,1-2H3/t15-,16-,18?,23?,24?/m1/s1. The number of nitriles is 1. The van der Waals surface area contributed by atoms with Crippen molar-refractivity contribution in [1.82, 2.24) is 14.7 Å². The zero-order valence-electron chi connectivity index (χ0n) is 19.0. The molecule has 1 aromatic rings. The normalized spacial score (nSPS) is 37.1. The van der Waals surface area contributed by atoms with Crippen LogP contribution in [0, 0.1) is 22.7 Å². The topological polar surface area (TPSA) is 95.3 Å². The molecule has 9 nitrogen and oxygen atoms in total. The van der Waals surface area contributed by atoms with E-state index in [1.807, 2.05) is 32.0 Å². The van der Waals surface area contributed by atoms with Gasteiger partial charge < -0.3 is 24.0 Å². The predicted octanol–water partition coefficient (Wildman–Crippen LogP) is 0.934. The molecule has 4 heterocycles. The number of carbonyl (C=O) groups excluding carboxylic acids is 2. The van der Waals surface area contributed by atoms with Gasteiger partial charge in [-0.3, -0.25) is 14.5 Å². The van der Waals surface area contributed by atoms with Crippen LogP contribution in [0.4, 0.5) is 0 Å². The first-order chi connectivity index (χ1) is 16.0. The fourth-order valence-electron chi connectivity index (χ4n) is 6.74. The summed E-state index contributed by atoms with van der Waals surface area (Å²) in [5, 5.41) is 10.3. The van der Waals surface area contributed by atoms with Crippen molar-refractivity contribution >= 4 is 11.8 Å². The highest BCUT2D eigenvalue weighted by Crippen LogP contribution is 2.78. The smallest absolute Gasteiger partial charge is 0.246 e. The molecule has 0 aromatic heterocycles. The van der Waals surface area contributed by atoms with Crippen LogP contribution in [-0.4, -0.2) is 84.8 Å². The zero-order valence-corrected chi connectivity index (χ0v) is 19.0. The Bertz CT molecular complexity index is 1070. The van der Waals surface area contributed by atoms with Crippen molar-refractivity contribution in [2.45, 2.75) is 37.9 Å². The first kappa shape index (κ1) is 20.8. The van der Waals surface area contributed by atoms with Gasteiger partial charge in [0.15, 0.2) is 11.5 Å². The van der Waals surface area contributed by atoms with Crippen LogP contribution in [0.1, 0.15) is 25.8 Å². The Morgan fingerprint density at radius 2 is 1.85 bits per heavy atom. The molecule has 5 aliphatic rings. The number of ether oxygens (including phenoxy) is 3. The molecule has 6 rings (SSSR count). The lowest BCUT2D eigenvalue weighted by Gasteiger charge is -2.46. The second-order valence-corrected chi connectivity index (χ2v) is 9.73. The Kier molecular flexibility index (Phi) is 4.45. The molecule has 5 atom stereocenters. The van der Waals surface area contributed by atoms with Crippen LogP contribution >= 0.6 is 0 Å². The van der Waals surface area contributed by atoms with Crippen LogP contribution in [0.25, 0.3) is 0 Å². The molecule has 1 saturated carbocycles. The largest absolute Gasteiger partial charge is 0.454 e. The minimum atomic E-state index is -0.815. The number of amides is 2. The molecule has 1 aromatic carbocycles. The molecule has 2 amide bonds. The van der Waals surface area contributed by atoms with Gasteiger partial charge in [-0.05, 0) is 31.0 Å². The van der Waals surface area contributed by atoms with Crippen molar-refractivity contribution in [2.24, 2.45) is 11.3 Å². The fourth-order valence-corrected chi connectivity index (χ4v) is 6.74. The molecule has 4 fully saturated rings. The fraction of sp³-hybridized carbons (Fsp3) is 0.625. The van der Waals surface area contributed by atoms with Crippen molar-refractivity contribution in [2.75, 3.05) is 46.2 Å². The van der Waals surface area contributed by atoms with Crippen molar-refractivity contribution in [1.29, 1.82) is 5.26 Å². The van der Waals surface area contributed by atoms with Crippen LogP contribution in [0.3, 0.4) is 0 Å². The number of hydrogen-bond acceptors (Lipinski definition) is 7. The molecule has 9 heteroatoms. The molecule has 3 saturated heterocycles. The number of benzene rings is 1. The van der Waals surface area contributed by atoms with E-state index >= 15 is 0 Å². The van der Waals surface area contributed by atoms with Crippen LogP contribution in [0.5, 0.6) is 11.5 Å². The van der Waals surface area contributed by atoms with E-state index in [0.29, 0.717) is 44.2 Å². The third kappa shape index (κ3) is 2.53. The number of nitrogens with zero attached hydrogens (tertiary/aromatic N) is 4. The Hall–Kier alpha value is -2.83. The third-order valence-corrected chi connectivity index (χ3v) is 8.57. The summed E-state index contributed by atoms with van der Waals surface area (Å²) in [6.45, 7) is 8.25. The minimum absolute atomic E-state index is 0.0514. The van der Waals surface area contributed by atoms with E-state index in [9.17, 15) is 14.9 Å². The summed E-state index contributed by atoms with van der Waals surface area (Å²) < 4.78 is 16.4. The van der Waals surface area contributed by atoms with E-state index < -0.39 is 23.0 Å². The summed E-state index contributed by atoms with van der Waals surface area (Å²) in [5.74, 6) is 1.07. The van der Waals surface area contributed by atoms with Crippen molar-refractivity contribution in [3.63, 3.8) is 0 Å². The zero-order chi connectivity index (χ0) is 23.0. The summed E-state index contributed by atoms with van der Waals surface area (Å²) >= 11 is 0. The number of piperidine rings is 1. The SMILES string of the molecule is C[C@@H]1C(=O)N2C(CC3(C#N)[C@@H](C)C23c2ccc3c(c2)OCO3)C(=O)N1CCN1CCOCC1. The highest BCUT2D eigenvalue weighted by Gasteiger charge is 2.86. The van der Waals surface area contributed by atoms with E-state index in [-0.39, 0.29) is 24.5 Å². The molecule has 0 spiro atoms.